The van der Waals surface area contributed by atoms with Gasteiger partial charge < -0.3 is 10.1 Å². The third-order valence-corrected chi connectivity index (χ3v) is 5.08. The van der Waals surface area contributed by atoms with E-state index in [2.05, 4.69) is 5.32 Å². The number of carbonyl (C=O) groups excluding carboxylic acids is 2. The Bertz CT molecular complexity index is 1140. The predicted octanol–water partition coefficient (Wildman–Crippen LogP) is 5.01. The number of imide groups is 1. The molecule has 5 nitrogen and oxygen atoms in total. The van der Waals surface area contributed by atoms with Crippen LogP contribution in [0.3, 0.4) is 0 Å². The van der Waals surface area contributed by atoms with E-state index in [1.54, 1.807) is 24.3 Å². The van der Waals surface area contributed by atoms with E-state index in [-0.39, 0.29) is 29.5 Å². The predicted molar refractivity (Wildman–Crippen MR) is 121 cm³/mol. The fourth-order valence-corrected chi connectivity index (χ4v) is 3.48. The minimum Gasteiger partial charge on any atom is -0.494 e. The van der Waals surface area contributed by atoms with Gasteiger partial charge in [0.05, 0.1) is 18.7 Å². The average Bonchev–Trinajstić information content (AvgIpc) is 3.04. The highest BCUT2D eigenvalue weighted by molar-refractivity contribution is 6.36. The molecule has 0 spiro atoms. The van der Waals surface area contributed by atoms with Crippen molar-refractivity contribution in [3.05, 3.63) is 102 Å². The van der Waals surface area contributed by atoms with E-state index < -0.39 is 5.91 Å². The molecule has 0 unspecified atom stereocenters. The van der Waals surface area contributed by atoms with Gasteiger partial charge in [-0.3, -0.25) is 14.5 Å². The zero-order valence-corrected chi connectivity index (χ0v) is 17.7. The number of halogens is 1. The minimum absolute atomic E-state index is 0.161. The molecule has 3 aromatic carbocycles. The zero-order valence-electron chi connectivity index (χ0n) is 17.7. The number of nitrogens with one attached hydrogen (secondary N) is 1. The maximum absolute atomic E-state index is 13.3. The Morgan fingerprint density at radius 1 is 0.875 bits per heavy atom. The topological polar surface area (TPSA) is 58.6 Å². The van der Waals surface area contributed by atoms with Crippen LogP contribution in [0.5, 0.6) is 5.75 Å². The fourth-order valence-electron chi connectivity index (χ4n) is 3.48. The lowest BCUT2D eigenvalue weighted by atomic mass is 10.0. The maximum Gasteiger partial charge on any atom is 0.278 e. The second-order valence-corrected chi connectivity index (χ2v) is 7.44. The Labute approximate surface area is 186 Å². The molecule has 0 saturated heterocycles. The molecule has 0 aromatic heterocycles. The molecule has 0 saturated carbocycles. The van der Waals surface area contributed by atoms with Gasteiger partial charge in [0, 0.05) is 5.69 Å². The first kappa shape index (κ1) is 21.3. The van der Waals surface area contributed by atoms with Crippen molar-refractivity contribution >= 4 is 23.1 Å². The molecule has 3 aromatic rings. The Hall–Kier alpha value is -3.93. The highest BCUT2D eigenvalue weighted by atomic mass is 19.1. The molecule has 0 aliphatic carbocycles. The summed E-state index contributed by atoms with van der Waals surface area (Å²) in [6.45, 7) is 2.78. The molecular formula is C26H23FN2O3. The summed E-state index contributed by atoms with van der Waals surface area (Å²) in [6, 6.07) is 22.1. The van der Waals surface area contributed by atoms with Crippen molar-refractivity contribution in [1.29, 1.82) is 0 Å². The molecule has 1 heterocycles. The molecule has 162 valence electrons. The molecule has 0 radical (unpaired) electrons. The highest BCUT2D eigenvalue weighted by Crippen LogP contribution is 2.32. The molecular weight excluding hydrogens is 407 g/mol. The van der Waals surface area contributed by atoms with E-state index in [0.717, 1.165) is 12.0 Å². The fraction of sp³-hybridized carbons (Fsp3) is 0.154. The van der Waals surface area contributed by atoms with Crippen molar-refractivity contribution in [2.75, 3.05) is 11.9 Å². The Kier molecular flexibility index (Phi) is 6.31. The number of nitrogens with zero attached hydrogens (tertiary/aromatic N) is 1. The molecule has 32 heavy (non-hydrogen) atoms. The van der Waals surface area contributed by atoms with Crippen molar-refractivity contribution in [3.8, 4) is 5.75 Å². The number of hydrogen-bond acceptors (Lipinski definition) is 4. The lowest BCUT2D eigenvalue weighted by molar-refractivity contribution is -0.137. The van der Waals surface area contributed by atoms with Crippen molar-refractivity contribution in [2.24, 2.45) is 0 Å². The molecule has 0 atom stereocenters. The van der Waals surface area contributed by atoms with Gasteiger partial charge in [0.25, 0.3) is 11.8 Å². The molecule has 1 aliphatic rings. The van der Waals surface area contributed by atoms with Crippen LogP contribution in [-0.4, -0.2) is 23.3 Å². The van der Waals surface area contributed by atoms with Crippen LogP contribution < -0.4 is 10.1 Å². The average molecular weight is 430 g/mol. The van der Waals surface area contributed by atoms with Crippen LogP contribution in [0.25, 0.3) is 5.57 Å². The number of rotatable bonds is 8. The van der Waals surface area contributed by atoms with Crippen LogP contribution in [-0.2, 0) is 16.1 Å². The number of carbonyl (C=O) groups is 2. The van der Waals surface area contributed by atoms with Crippen molar-refractivity contribution in [2.45, 2.75) is 19.9 Å². The molecule has 6 heteroatoms. The lowest BCUT2D eigenvalue weighted by Crippen LogP contribution is -2.31. The first-order valence-corrected chi connectivity index (χ1v) is 10.5. The van der Waals surface area contributed by atoms with Crippen molar-refractivity contribution in [3.63, 3.8) is 0 Å². The summed E-state index contributed by atoms with van der Waals surface area (Å²) in [6.07, 6.45) is 0.889. The van der Waals surface area contributed by atoms with Gasteiger partial charge >= 0.3 is 0 Å². The Morgan fingerprint density at radius 3 is 2.22 bits per heavy atom. The van der Waals surface area contributed by atoms with Gasteiger partial charge in [-0.2, -0.15) is 0 Å². The number of ether oxygens (including phenoxy) is 1. The van der Waals surface area contributed by atoms with Crippen molar-refractivity contribution in [1.82, 2.24) is 4.90 Å². The van der Waals surface area contributed by atoms with Crippen LogP contribution in [0, 0.1) is 5.82 Å². The van der Waals surface area contributed by atoms with Crippen LogP contribution in [0.4, 0.5) is 10.1 Å². The van der Waals surface area contributed by atoms with Crippen LogP contribution in [0.15, 0.2) is 84.6 Å². The van der Waals surface area contributed by atoms with Crippen LogP contribution >= 0.6 is 0 Å². The van der Waals surface area contributed by atoms with Crippen LogP contribution in [0.1, 0.15) is 24.5 Å². The Morgan fingerprint density at radius 2 is 1.56 bits per heavy atom. The molecule has 0 fully saturated rings. The molecule has 0 bridgehead atoms. The van der Waals surface area contributed by atoms with E-state index in [1.165, 1.54) is 29.2 Å². The minimum atomic E-state index is -0.426. The van der Waals surface area contributed by atoms with E-state index in [4.69, 9.17) is 4.74 Å². The van der Waals surface area contributed by atoms with Gasteiger partial charge in [0.15, 0.2) is 0 Å². The van der Waals surface area contributed by atoms with Gasteiger partial charge in [-0.05, 0) is 53.9 Å². The van der Waals surface area contributed by atoms with Gasteiger partial charge in [0.2, 0.25) is 0 Å². The number of anilines is 1. The second-order valence-electron chi connectivity index (χ2n) is 7.44. The third-order valence-electron chi connectivity index (χ3n) is 5.08. The van der Waals surface area contributed by atoms with E-state index in [0.29, 0.717) is 23.6 Å². The normalized spacial score (nSPS) is 13.6. The molecule has 4 rings (SSSR count). The highest BCUT2D eigenvalue weighted by Gasteiger charge is 2.39. The standard InChI is InChI=1S/C26H23FN2O3/c1-2-16-32-22-14-8-19(9-15-22)23-24(28-21-12-10-20(27)11-13-21)26(31)29(25(23)30)17-18-6-4-3-5-7-18/h3-15,28H,2,16-17H2,1H3. The Balaban J connectivity index is 1.69. The number of amides is 2. The largest absolute Gasteiger partial charge is 0.494 e. The maximum atomic E-state index is 13.3. The summed E-state index contributed by atoms with van der Waals surface area (Å²) < 4.78 is 19.0. The summed E-state index contributed by atoms with van der Waals surface area (Å²) in [5.74, 6) is -0.496. The summed E-state index contributed by atoms with van der Waals surface area (Å²) in [5, 5.41) is 3.03. The van der Waals surface area contributed by atoms with E-state index in [9.17, 15) is 14.0 Å². The summed E-state index contributed by atoms with van der Waals surface area (Å²) >= 11 is 0. The van der Waals surface area contributed by atoms with Gasteiger partial charge in [0.1, 0.15) is 17.3 Å². The molecule has 1 aliphatic heterocycles. The first-order chi connectivity index (χ1) is 15.6. The van der Waals surface area contributed by atoms with Gasteiger partial charge in [-0.15, -0.1) is 0 Å². The van der Waals surface area contributed by atoms with Gasteiger partial charge in [-0.25, -0.2) is 4.39 Å². The smallest absolute Gasteiger partial charge is 0.278 e. The number of hydrogen-bond donors (Lipinski definition) is 1. The lowest BCUT2D eigenvalue weighted by Gasteiger charge is -2.15. The SMILES string of the molecule is CCCOc1ccc(C2=C(Nc3ccc(F)cc3)C(=O)N(Cc3ccccc3)C2=O)cc1. The monoisotopic (exact) mass is 430 g/mol. The second kappa shape index (κ2) is 9.47. The molecule has 1 N–H and O–H groups in total. The zero-order chi connectivity index (χ0) is 22.5. The summed E-state index contributed by atoms with van der Waals surface area (Å²) in [4.78, 5) is 27.8. The quantitative estimate of drug-likeness (QED) is 0.511. The van der Waals surface area contributed by atoms with Gasteiger partial charge in [-0.1, -0.05) is 49.4 Å². The van der Waals surface area contributed by atoms with E-state index in [1.807, 2.05) is 37.3 Å². The number of benzene rings is 3. The van der Waals surface area contributed by atoms with Crippen molar-refractivity contribution < 1.29 is 18.7 Å². The van der Waals surface area contributed by atoms with Crippen LogP contribution in [0.2, 0.25) is 0 Å². The molecule has 2 amide bonds. The first-order valence-electron chi connectivity index (χ1n) is 10.5. The van der Waals surface area contributed by atoms with E-state index >= 15 is 0 Å². The summed E-state index contributed by atoms with van der Waals surface area (Å²) in [7, 11) is 0. The third kappa shape index (κ3) is 4.54. The summed E-state index contributed by atoms with van der Waals surface area (Å²) in [5.41, 5.74) is 2.41.